The lowest BCUT2D eigenvalue weighted by Crippen LogP contribution is -2.13. The van der Waals surface area contributed by atoms with Gasteiger partial charge in [-0.3, -0.25) is 0 Å². The summed E-state index contributed by atoms with van der Waals surface area (Å²) in [7, 11) is 0.341. The Morgan fingerprint density at radius 3 is 0.839 bits per heavy atom. The lowest BCUT2D eigenvalue weighted by atomic mass is 9.87. The first-order valence-electron chi connectivity index (χ1n) is 21.5. The van der Waals surface area contributed by atoms with E-state index in [2.05, 4.69) is 271 Å². The van der Waals surface area contributed by atoms with E-state index in [1.165, 1.54) is 43.4 Å². The molecule has 0 fully saturated rings. The van der Waals surface area contributed by atoms with Crippen molar-refractivity contribution in [3.63, 3.8) is 0 Å². The summed E-state index contributed by atoms with van der Waals surface area (Å²) >= 11 is 0. The fourth-order valence-corrected chi connectivity index (χ4v) is 8.86. The predicted molar refractivity (Wildman–Crippen MR) is 279 cm³/mol. The van der Waals surface area contributed by atoms with Gasteiger partial charge in [0.2, 0.25) is 0 Å². The molecule has 0 radical (unpaired) electrons. The van der Waals surface area contributed by atoms with Gasteiger partial charge in [0.25, 0.3) is 0 Å². The van der Waals surface area contributed by atoms with E-state index in [0.717, 1.165) is 33.9 Å². The van der Waals surface area contributed by atoms with Crippen molar-refractivity contribution in [2.45, 2.75) is 62.2 Å². The van der Waals surface area contributed by atoms with Gasteiger partial charge >= 0.3 is 0 Å². The summed E-state index contributed by atoms with van der Waals surface area (Å²) in [5.41, 5.74) is 14.5. The highest BCUT2D eigenvalue weighted by Crippen LogP contribution is 2.39. The zero-order chi connectivity index (χ0) is 44.0. The first-order chi connectivity index (χ1) is 29.6. The molecule has 314 valence electrons. The first-order valence-corrected chi connectivity index (χ1v) is 25.5. The highest BCUT2D eigenvalue weighted by molar-refractivity contribution is 7.95. The van der Waals surface area contributed by atoms with Gasteiger partial charge in [-0.2, -0.15) is 0 Å². The third kappa shape index (κ3) is 11.0. The van der Waals surface area contributed by atoms with E-state index < -0.39 is 0 Å². The van der Waals surface area contributed by atoms with Crippen molar-refractivity contribution in [2.24, 2.45) is 0 Å². The van der Waals surface area contributed by atoms with E-state index in [0.29, 0.717) is 0 Å². The minimum Gasteiger partial charge on any atom is -0.310 e. The summed E-state index contributed by atoms with van der Waals surface area (Å²) in [5, 5.41) is 0. The molecular formula is C58H62N2S2+2. The fraction of sp³-hybridized carbons (Fsp3) is 0.207. The molecule has 0 aliphatic heterocycles. The molecule has 0 bridgehead atoms. The second-order valence-electron chi connectivity index (χ2n) is 18.4. The molecule has 0 saturated heterocycles. The van der Waals surface area contributed by atoms with Gasteiger partial charge in [-0.1, -0.05) is 151 Å². The average molecular weight is 851 g/mol. The molecular weight excluding hydrogens is 789 g/mol. The second-order valence-corrected chi connectivity index (χ2v) is 22.6. The number of hydrogen-bond donors (Lipinski definition) is 0. The van der Waals surface area contributed by atoms with Gasteiger partial charge in [-0.25, -0.2) is 0 Å². The fourth-order valence-electron chi connectivity index (χ4n) is 7.44. The highest BCUT2D eigenvalue weighted by Gasteiger charge is 2.20. The number of benzene rings is 7. The van der Waals surface area contributed by atoms with Crippen LogP contribution in [0.3, 0.4) is 0 Å². The SMILES string of the molecule is C[S+](C)c1cccc(N(c2ccc(/C=C/c3ccc(/C=C/c4ccc(N(c5ccc(C(C)(C)C)cc5)c5cccc([S+](C)C)c5)cc4)cc3)cc2)c2ccc(C(C)(C)C)cc2)c1. The standard InChI is InChI=1S/C58H62N2S2/c1-57(2,3)47-29-37-51(38-30-47)59(53-13-11-15-55(41-53)61(7)8)49-33-25-45(26-34-49)23-21-43-17-19-44(20-18-43)22-24-46-27-35-50(36-28-46)60(54-14-12-16-56(42-54)62(9)10)52-39-31-48(32-40-52)58(4,5)6/h11-42H,1-10H3/q+2/b23-21+,24-22+. The third-order valence-electron chi connectivity index (χ3n) is 11.3. The molecule has 0 N–H and O–H groups in total. The van der Waals surface area contributed by atoms with Gasteiger partial charge in [0.1, 0.15) is 25.0 Å². The van der Waals surface area contributed by atoms with Crippen molar-refractivity contribution >= 4 is 80.2 Å². The van der Waals surface area contributed by atoms with Crippen LogP contribution in [0, 0.1) is 0 Å². The van der Waals surface area contributed by atoms with Crippen LogP contribution < -0.4 is 9.80 Å². The Kier molecular flexibility index (Phi) is 13.7. The molecule has 7 aromatic rings. The smallest absolute Gasteiger partial charge is 0.156 e. The normalized spacial score (nSPS) is 12.2. The van der Waals surface area contributed by atoms with Gasteiger partial charge in [0, 0.05) is 56.7 Å². The number of hydrogen-bond acceptors (Lipinski definition) is 2. The average Bonchev–Trinajstić information content (AvgIpc) is 3.26. The van der Waals surface area contributed by atoms with E-state index in [9.17, 15) is 0 Å². The van der Waals surface area contributed by atoms with Crippen molar-refractivity contribution in [1.29, 1.82) is 0 Å². The Bertz CT molecular complexity index is 2420. The molecule has 0 aromatic heterocycles. The van der Waals surface area contributed by atoms with Crippen LogP contribution in [-0.4, -0.2) is 25.0 Å². The van der Waals surface area contributed by atoms with Crippen LogP contribution in [0.25, 0.3) is 24.3 Å². The zero-order valence-electron chi connectivity index (χ0n) is 38.2. The van der Waals surface area contributed by atoms with E-state index in [4.69, 9.17) is 0 Å². The maximum atomic E-state index is 2.37. The van der Waals surface area contributed by atoms with Crippen molar-refractivity contribution in [1.82, 2.24) is 0 Å². The lowest BCUT2D eigenvalue weighted by molar-refractivity contribution is 0.590. The molecule has 0 spiro atoms. The molecule has 0 amide bonds. The van der Waals surface area contributed by atoms with Crippen LogP contribution in [0.5, 0.6) is 0 Å². The number of nitrogens with zero attached hydrogens (tertiary/aromatic N) is 2. The lowest BCUT2D eigenvalue weighted by Gasteiger charge is -2.27. The Hall–Kier alpha value is -5.68. The molecule has 4 heteroatoms. The molecule has 7 rings (SSSR count). The van der Waals surface area contributed by atoms with Gasteiger partial charge in [0.05, 0.1) is 11.4 Å². The minimum absolute atomic E-state index is 0.103. The predicted octanol–water partition coefficient (Wildman–Crippen LogP) is 16.0. The van der Waals surface area contributed by atoms with Crippen molar-refractivity contribution in [3.8, 4) is 0 Å². The van der Waals surface area contributed by atoms with Crippen molar-refractivity contribution in [3.05, 3.63) is 203 Å². The van der Waals surface area contributed by atoms with Crippen molar-refractivity contribution < 1.29 is 0 Å². The van der Waals surface area contributed by atoms with Gasteiger partial charge in [-0.05, 0) is 117 Å². The molecule has 0 unspecified atom stereocenters. The summed E-state index contributed by atoms with van der Waals surface area (Å²) in [5.74, 6) is 0. The van der Waals surface area contributed by atoms with E-state index in [1.807, 2.05) is 0 Å². The Morgan fingerprint density at radius 1 is 0.323 bits per heavy atom. The third-order valence-corrected chi connectivity index (χ3v) is 13.6. The Labute approximate surface area is 378 Å². The largest absolute Gasteiger partial charge is 0.310 e. The van der Waals surface area contributed by atoms with Crippen LogP contribution in [-0.2, 0) is 32.6 Å². The topological polar surface area (TPSA) is 6.48 Å². The van der Waals surface area contributed by atoms with Crippen molar-refractivity contribution in [2.75, 3.05) is 34.8 Å². The van der Waals surface area contributed by atoms with Crippen LogP contribution in [0.15, 0.2) is 180 Å². The Morgan fingerprint density at radius 2 is 0.581 bits per heavy atom. The number of rotatable bonds is 12. The summed E-state index contributed by atoms with van der Waals surface area (Å²) in [6.07, 6.45) is 17.9. The maximum absolute atomic E-state index is 2.37. The summed E-state index contributed by atoms with van der Waals surface area (Å²) in [4.78, 5) is 7.45. The molecule has 2 nitrogen and oxygen atoms in total. The molecule has 0 aliphatic carbocycles. The summed E-state index contributed by atoms with van der Waals surface area (Å²) in [6.45, 7) is 13.6. The van der Waals surface area contributed by atoms with E-state index >= 15 is 0 Å². The zero-order valence-corrected chi connectivity index (χ0v) is 39.8. The van der Waals surface area contributed by atoms with E-state index in [1.54, 1.807) is 0 Å². The molecule has 0 heterocycles. The quantitative estimate of drug-likeness (QED) is 0.0893. The molecule has 0 aliphatic rings. The van der Waals surface area contributed by atoms with Gasteiger partial charge < -0.3 is 9.80 Å². The molecule has 0 saturated carbocycles. The molecule has 62 heavy (non-hydrogen) atoms. The number of anilines is 6. The summed E-state index contributed by atoms with van der Waals surface area (Å²) in [6, 6.07) is 62.5. The maximum Gasteiger partial charge on any atom is 0.156 e. The molecule has 7 aromatic carbocycles. The first kappa shape index (κ1) is 44.4. The second kappa shape index (κ2) is 19.2. The van der Waals surface area contributed by atoms with Gasteiger partial charge in [-0.15, -0.1) is 0 Å². The van der Waals surface area contributed by atoms with Crippen LogP contribution >= 0.6 is 0 Å². The Balaban J connectivity index is 1.05. The van der Waals surface area contributed by atoms with Gasteiger partial charge in [0.15, 0.2) is 9.79 Å². The van der Waals surface area contributed by atoms with Crippen LogP contribution in [0.1, 0.15) is 74.9 Å². The van der Waals surface area contributed by atoms with Crippen LogP contribution in [0.2, 0.25) is 0 Å². The highest BCUT2D eigenvalue weighted by atomic mass is 32.2. The van der Waals surface area contributed by atoms with E-state index in [-0.39, 0.29) is 32.6 Å². The minimum atomic E-state index is 0.103. The summed E-state index contributed by atoms with van der Waals surface area (Å²) < 4.78 is 0. The molecule has 0 atom stereocenters. The van der Waals surface area contributed by atoms with Crippen LogP contribution in [0.4, 0.5) is 34.1 Å². The monoisotopic (exact) mass is 850 g/mol.